The zero-order valence-electron chi connectivity index (χ0n) is 20.6. The average Bonchev–Trinajstić information content (AvgIpc) is 3.27. The first-order valence-corrected chi connectivity index (χ1v) is 12.2. The Kier molecular flexibility index (Phi) is 5.33. The molecule has 2 aromatic carbocycles. The molecule has 4 heterocycles. The lowest BCUT2D eigenvalue weighted by atomic mass is 9.85. The maximum atomic E-state index is 13.6. The van der Waals surface area contributed by atoms with Gasteiger partial charge in [-0.05, 0) is 30.2 Å². The van der Waals surface area contributed by atoms with Crippen molar-refractivity contribution in [3.05, 3.63) is 99.3 Å². The molecule has 0 spiro atoms. The molecule has 6 rings (SSSR count). The van der Waals surface area contributed by atoms with Crippen LogP contribution in [0.2, 0.25) is 0 Å². The Morgan fingerprint density at radius 2 is 1.86 bits per heavy atom. The van der Waals surface area contributed by atoms with E-state index in [4.69, 9.17) is 14.5 Å². The summed E-state index contributed by atoms with van der Waals surface area (Å²) in [5.41, 5.74) is 2.64. The number of carbonyl (C=O) groups is 2. The quantitative estimate of drug-likeness (QED) is 0.344. The molecule has 0 aliphatic carbocycles. The third-order valence-corrected chi connectivity index (χ3v) is 7.22. The van der Waals surface area contributed by atoms with Gasteiger partial charge in [-0.3, -0.25) is 4.79 Å². The first kappa shape index (κ1) is 23.0. The summed E-state index contributed by atoms with van der Waals surface area (Å²) in [6, 6.07) is 21.1. The van der Waals surface area contributed by atoms with E-state index >= 15 is 0 Å². The second-order valence-electron chi connectivity index (χ2n) is 9.47. The summed E-state index contributed by atoms with van der Waals surface area (Å²) in [5, 5.41) is 0.990. The number of benzene rings is 2. The van der Waals surface area contributed by atoms with Gasteiger partial charge < -0.3 is 18.9 Å². The smallest absolute Gasteiger partial charge is 0.411 e. The Labute approximate surface area is 213 Å². The second kappa shape index (κ2) is 8.58. The van der Waals surface area contributed by atoms with E-state index in [0.29, 0.717) is 35.6 Å². The summed E-state index contributed by atoms with van der Waals surface area (Å²) in [6.07, 6.45) is -0.564. The molecule has 186 valence electrons. The van der Waals surface area contributed by atoms with Crippen LogP contribution in [0.4, 0.5) is 4.79 Å². The van der Waals surface area contributed by atoms with Crippen LogP contribution in [0.25, 0.3) is 22.3 Å². The SMILES string of the molecule is CC[C@@]1(OC(=O)N(C)Cc2ccccc2)C(=O)OCc2c1cc1n(c2=O)Cc2cc3ccccc3nc2-1. The number of cyclic esters (lactones) is 1. The zero-order valence-corrected chi connectivity index (χ0v) is 20.6. The van der Waals surface area contributed by atoms with Crippen LogP contribution < -0.4 is 5.56 Å². The number of esters is 1. The number of hydrogen-bond acceptors (Lipinski definition) is 6. The fraction of sp³-hybridized carbons (Fsp3) is 0.241. The Hall–Kier alpha value is -4.46. The maximum absolute atomic E-state index is 13.6. The van der Waals surface area contributed by atoms with Crippen molar-refractivity contribution in [3.63, 3.8) is 0 Å². The summed E-state index contributed by atoms with van der Waals surface area (Å²) >= 11 is 0. The van der Waals surface area contributed by atoms with E-state index < -0.39 is 17.7 Å². The monoisotopic (exact) mass is 495 g/mol. The predicted molar refractivity (Wildman–Crippen MR) is 137 cm³/mol. The summed E-state index contributed by atoms with van der Waals surface area (Å²) < 4.78 is 13.0. The van der Waals surface area contributed by atoms with Crippen LogP contribution in [-0.4, -0.2) is 33.6 Å². The van der Waals surface area contributed by atoms with Crippen molar-refractivity contribution >= 4 is 23.0 Å². The summed E-state index contributed by atoms with van der Waals surface area (Å²) in [4.78, 5) is 46.3. The van der Waals surface area contributed by atoms with Gasteiger partial charge in [0.2, 0.25) is 5.60 Å². The number of amides is 1. The molecule has 4 aromatic rings. The Balaban J connectivity index is 1.43. The van der Waals surface area contributed by atoms with Crippen molar-refractivity contribution < 1.29 is 19.1 Å². The standard InChI is InChI=1S/C29H25N3O5/c1-3-29(37-28(35)31(2)15-18-9-5-4-6-10-18)22-14-24-25-20(13-19-11-7-8-12-23(19)30-25)16-32(24)26(33)21(22)17-36-27(29)34/h4-14H,3,15-17H2,1-2H3/t29-/m0/s1. The van der Waals surface area contributed by atoms with Crippen LogP contribution in [0.3, 0.4) is 0 Å². The lowest BCUT2D eigenvalue weighted by molar-refractivity contribution is -0.173. The molecule has 0 saturated carbocycles. The highest BCUT2D eigenvalue weighted by Crippen LogP contribution is 2.41. The highest BCUT2D eigenvalue weighted by Gasteiger charge is 2.51. The van der Waals surface area contributed by atoms with Gasteiger partial charge in [0.15, 0.2) is 0 Å². The van der Waals surface area contributed by atoms with Gasteiger partial charge in [0.1, 0.15) is 6.61 Å². The van der Waals surface area contributed by atoms with Gasteiger partial charge in [-0.25, -0.2) is 14.6 Å². The van der Waals surface area contributed by atoms with E-state index in [1.807, 2.05) is 60.7 Å². The van der Waals surface area contributed by atoms with E-state index in [1.54, 1.807) is 24.6 Å². The first-order chi connectivity index (χ1) is 17.9. The molecule has 37 heavy (non-hydrogen) atoms. The van der Waals surface area contributed by atoms with E-state index in [-0.39, 0.29) is 18.6 Å². The van der Waals surface area contributed by atoms with Crippen LogP contribution in [0, 0.1) is 0 Å². The van der Waals surface area contributed by atoms with E-state index in [1.165, 1.54) is 4.90 Å². The number of hydrogen-bond donors (Lipinski definition) is 0. The number of rotatable bonds is 4. The number of fused-ring (bicyclic) bond motifs is 5. The molecule has 0 saturated heterocycles. The predicted octanol–water partition coefficient (Wildman–Crippen LogP) is 4.36. The van der Waals surface area contributed by atoms with Crippen molar-refractivity contribution in [1.82, 2.24) is 14.5 Å². The number of aromatic nitrogens is 2. The van der Waals surface area contributed by atoms with E-state index in [2.05, 4.69) is 0 Å². The van der Waals surface area contributed by atoms with Gasteiger partial charge in [0, 0.05) is 30.1 Å². The molecule has 0 radical (unpaired) electrons. The van der Waals surface area contributed by atoms with Crippen LogP contribution in [0.5, 0.6) is 0 Å². The van der Waals surface area contributed by atoms with Gasteiger partial charge >= 0.3 is 12.1 Å². The number of para-hydroxylation sites is 1. The van der Waals surface area contributed by atoms with Crippen molar-refractivity contribution in [3.8, 4) is 11.4 Å². The van der Waals surface area contributed by atoms with Gasteiger partial charge in [0.25, 0.3) is 5.56 Å². The minimum absolute atomic E-state index is 0.116. The van der Waals surface area contributed by atoms with E-state index in [9.17, 15) is 14.4 Å². The molecule has 0 bridgehead atoms. The third kappa shape index (κ3) is 3.59. The van der Waals surface area contributed by atoms with Crippen molar-refractivity contribution in [2.24, 2.45) is 0 Å². The van der Waals surface area contributed by atoms with E-state index in [0.717, 1.165) is 22.0 Å². The minimum Gasteiger partial charge on any atom is -0.457 e. The lowest BCUT2D eigenvalue weighted by Gasteiger charge is -2.36. The fourth-order valence-corrected chi connectivity index (χ4v) is 5.23. The molecule has 0 N–H and O–H groups in total. The van der Waals surface area contributed by atoms with Crippen molar-refractivity contribution in [1.29, 1.82) is 0 Å². The van der Waals surface area contributed by atoms with Crippen molar-refractivity contribution in [2.75, 3.05) is 7.05 Å². The average molecular weight is 496 g/mol. The molecular formula is C29H25N3O5. The van der Waals surface area contributed by atoms with Gasteiger partial charge in [0.05, 0.1) is 29.0 Å². The molecule has 8 nitrogen and oxygen atoms in total. The molecule has 0 fully saturated rings. The molecule has 1 amide bonds. The molecule has 0 unspecified atom stereocenters. The van der Waals surface area contributed by atoms with Crippen LogP contribution in [0.1, 0.15) is 35.6 Å². The summed E-state index contributed by atoms with van der Waals surface area (Å²) in [6.45, 7) is 2.25. The molecule has 2 aromatic heterocycles. The minimum atomic E-state index is -1.73. The number of pyridine rings is 2. The normalized spacial score (nSPS) is 17.5. The highest BCUT2D eigenvalue weighted by molar-refractivity contribution is 5.88. The first-order valence-electron chi connectivity index (χ1n) is 12.2. The molecule has 1 atom stereocenters. The molecule has 2 aliphatic heterocycles. The number of nitrogens with zero attached hydrogens (tertiary/aromatic N) is 3. The Morgan fingerprint density at radius 1 is 1.11 bits per heavy atom. The highest BCUT2D eigenvalue weighted by atomic mass is 16.6. The fourth-order valence-electron chi connectivity index (χ4n) is 5.23. The zero-order chi connectivity index (χ0) is 25.7. The molecular weight excluding hydrogens is 470 g/mol. The lowest BCUT2D eigenvalue weighted by Crippen LogP contribution is -2.49. The third-order valence-electron chi connectivity index (χ3n) is 7.22. The van der Waals surface area contributed by atoms with Gasteiger partial charge in [-0.15, -0.1) is 0 Å². The molecule has 8 heteroatoms. The van der Waals surface area contributed by atoms with Crippen LogP contribution in [-0.2, 0) is 39.6 Å². The largest absolute Gasteiger partial charge is 0.457 e. The summed E-state index contributed by atoms with van der Waals surface area (Å²) in [7, 11) is 1.61. The van der Waals surface area contributed by atoms with Gasteiger partial charge in [-0.1, -0.05) is 55.5 Å². The molecule has 2 aliphatic rings. The Morgan fingerprint density at radius 3 is 2.65 bits per heavy atom. The van der Waals surface area contributed by atoms with Crippen molar-refractivity contribution in [2.45, 2.75) is 38.6 Å². The van der Waals surface area contributed by atoms with Crippen LogP contribution in [0.15, 0.2) is 71.5 Å². The number of carbonyl (C=O) groups excluding carboxylic acids is 2. The second-order valence-corrected chi connectivity index (χ2v) is 9.47. The topological polar surface area (TPSA) is 90.7 Å². The van der Waals surface area contributed by atoms with Gasteiger partial charge in [-0.2, -0.15) is 0 Å². The Bertz CT molecular complexity index is 1630. The number of ether oxygens (including phenoxy) is 2. The van der Waals surface area contributed by atoms with Crippen LogP contribution >= 0.6 is 0 Å². The maximum Gasteiger partial charge on any atom is 0.411 e. The summed E-state index contributed by atoms with van der Waals surface area (Å²) in [5.74, 6) is -0.682.